The quantitative estimate of drug-likeness (QED) is 0.598. The van der Waals surface area contributed by atoms with Gasteiger partial charge in [-0.25, -0.2) is 0 Å². The van der Waals surface area contributed by atoms with Gasteiger partial charge < -0.3 is 13.9 Å². The molecule has 2 aromatic rings. The first-order valence-electron chi connectivity index (χ1n) is 7.12. The first-order valence-corrected chi connectivity index (χ1v) is 8.34. The summed E-state index contributed by atoms with van der Waals surface area (Å²) in [6.07, 6.45) is 3.34. The molecule has 0 unspecified atom stereocenters. The Balaban J connectivity index is 1.88. The number of thioether (sulfide) groups is 1. The summed E-state index contributed by atoms with van der Waals surface area (Å²) in [6.45, 7) is 0.324. The van der Waals surface area contributed by atoms with E-state index < -0.39 is 0 Å². The van der Waals surface area contributed by atoms with Gasteiger partial charge in [0.05, 0.1) is 31.9 Å². The normalized spacial score (nSPS) is 16.1. The number of hydrogen-bond acceptors (Lipinski definition) is 6. The third kappa shape index (κ3) is 3.32. The highest BCUT2D eigenvalue weighted by atomic mass is 32.2. The molecule has 24 heavy (non-hydrogen) atoms. The summed E-state index contributed by atoms with van der Waals surface area (Å²) in [5.41, 5.74) is 0.760. The molecule has 7 heteroatoms. The largest absolute Gasteiger partial charge is 0.497 e. The molecule has 3 rings (SSSR count). The lowest BCUT2D eigenvalue weighted by atomic mass is 10.1. The molecule has 0 spiro atoms. The number of hydrogen-bond donors (Lipinski definition) is 0. The predicted octanol–water partition coefficient (Wildman–Crippen LogP) is 3.70. The molecule has 1 fully saturated rings. The number of furan rings is 1. The molecule has 1 aliphatic rings. The van der Waals surface area contributed by atoms with Crippen LogP contribution in [0.4, 0.5) is 0 Å². The van der Waals surface area contributed by atoms with E-state index in [1.807, 2.05) is 12.1 Å². The van der Waals surface area contributed by atoms with Crippen molar-refractivity contribution in [3.8, 4) is 11.5 Å². The number of ether oxygens (including phenoxy) is 2. The maximum atomic E-state index is 12.6. The number of amides is 1. The minimum atomic E-state index is -0.147. The van der Waals surface area contributed by atoms with Crippen molar-refractivity contribution in [3.63, 3.8) is 0 Å². The van der Waals surface area contributed by atoms with Crippen molar-refractivity contribution < 1.29 is 18.7 Å². The van der Waals surface area contributed by atoms with Gasteiger partial charge in [0, 0.05) is 5.56 Å². The highest BCUT2D eigenvalue weighted by Gasteiger charge is 2.32. The topological polar surface area (TPSA) is 51.9 Å². The van der Waals surface area contributed by atoms with Crippen molar-refractivity contribution in [2.75, 3.05) is 14.2 Å². The molecule has 1 saturated heterocycles. The number of carbonyl (C=O) groups excluding carboxylic acids is 1. The van der Waals surface area contributed by atoms with Crippen LogP contribution >= 0.6 is 24.0 Å². The number of rotatable bonds is 5. The Kier molecular flexibility index (Phi) is 4.92. The standard InChI is InChI=1S/C17H15NO4S2/c1-20-12-5-6-14(21-2)11(8-12)9-15-16(19)18(17(23)24-15)10-13-4-3-7-22-13/h3-9H,10H2,1-2H3/b15-9-. The van der Waals surface area contributed by atoms with Crippen molar-refractivity contribution >= 4 is 40.3 Å². The van der Waals surface area contributed by atoms with Crippen LogP contribution in [-0.4, -0.2) is 29.3 Å². The predicted molar refractivity (Wildman–Crippen MR) is 97.0 cm³/mol. The molecule has 0 radical (unpaired) electrons. The molecule has 0 atom stereocenters. The molecule has 0 saturated carbocycles. The van der Waals surface area contributed by atoms with Crippen LogP contribution in [0, 0.1) is 0 Å². The molecule has 0 aliphatic carbocycles. The van der Waals surface area contributed by atoms with Crippen LogP contribution in [0.2, 0.25) is 0 Å². The SMILES string of the molecule is COc1ccc(OC)c(/C=C2\SC(=S)N(Cc3ccco3)C2=O)c1. The lowest BCUT2D eigenvalue weighted by molar-refractivity contribution is -0.122. The van der Waals surface area contributed by atoms with Crippen LogP contribution in [0.1, 0.15) is 11.3 Å². The van der Waals surface area contributed by atoms with Gasteiger partial charge in [-0.15, -0.1) is 0 Å². The van der Waals surface area contributed by atoms with Crippen molar-refractivity contribution in [2.24, 2.45) is 0 Å². The Bertz CT molecular complexity index is 799. The van der Waals surface area contributed by atoms with Crippen molar-refractivity contribution in [2.45, 2.75) is 6.54 Å². The molecule has 2 heterocycles. The van der Waals surface area contributed by atoms with E-state index in [0.717, 1.165) is 5.56 Å². The monoisotopic (exact) mass is 361 g/mol. The lowest BCUT2D eigenvalue weighted by Crippen LogP contribution is -2.27. The maximum absolute atomic E-state index is 12.6. The van der Waals surface area contributed by atoms with E-state index >= 15 is 0 Å². The fourth-order valence-electron chi connectivity index (χ4n) is 2.29. The van der Waals surface area contributed by atoms with E-state index in [4.69, 9.17) is 26.1 Å². The number of nitrogens with zero attached hydrogens (tertiary/aromatic N) is 1. The zero-order valence-corrected chi connectivity index (χ0v) is 14.8. The van der Waals surface area contributed by atoms with Crippen LogP contribution in [-0.2, 0) is 11.3 Å². The molecule has 1 aromatic heterocycles. The minimum Gasteiger partial charge on any atom is -0.497 e. The van der Waals surface area contributed by atoms with Gasteiger partial charge in [-0.2, -0.15) is 0 Å². The Morgan fingerprint density at radius 2 is 2.12 bits per heavy atom. The van der Waals surface area contributed by atoms with E-state index in [1.54, 1.807) is 44.8 Å². The highest BCUT2D eigenvalue weighted by Crippen LogP contribution is 2.36. The van der Waals surface area contributed by atoms with E-state index in [0.29, 0.717) is 33.0 Å². The summed E-state index contributed by atoms with van der Waals surface area (Å²) in [5, 5.41) is 0. The first kappa shape index (κ1) is 16.6. The van der Waals surface area contributed by atoms with Gasteiger partial charge in [-0.3, -0.25) is 9.69 Å². The van der Waals surface area contributed by atoms with E-state index in [1.165, 1.54) is 16.7 Å². The second-order valence-corrected chi connectivity index (χ2v) is 6.63. The average Bonchev–Trinajstić information content (AvgIpc) is 3.19. The van der Waals surface area contributed by atoms with E-state index in [9.17, 15) is 4.79 Å². The lowest BCUT2D eigenvalue weighted by Gasteiger charge is -2.12. The summed E-state index contributed by atoms with van der Waals surface area (Å²) in [5.74, 6) is 1.89. The summed E-state index contributed by atoms with van der Waals surface area (Å²) in [6, 6.07) is 9.02. The van der Waals surface area contributed by atoms with Crippen LogP contribution in [0.25, 0.3) is 6.08 Å². The zero-order chi connectivity index (χ0) is 17.1. The molecule has 1 aliphatic heterocycles. The minimum absolute atomic E-state index is 0.147. The Morgan fingerprint density at radius 3 is 2.79 bits per heavy atom. The summed E-state index contributed by atoms with van der Waals surface area (Å²) in [4.78, 5) is 14.7. The fourth-order valence-corrected chi connectivity index (χ4v) is 3.53. The Labute approximate surface area is 149 Å². The van der Waals surface area contributed by atoms with Gasteiger partial charge >= 0.3 is 0 Å². The number of methoxy groups -OCH3 is 2. The maximum Gasteiger partial charge on any atom is 0.266 e. The fraction of sp³-hybridized carbons (Fsp3) is 0.176. The molecule has 5 nitrogen and oxygen atoms in total. The van der Waals surface area contributed by atoms with Gasteiger partial charge in [0.15, 0.2) is 0 Å². The third-order valence-corrected chi connectivity index (χ3v) is 4.87. The molecular weight excluding hydrogens is 346 g/mol. The smallest absolute Gasteiger partial charge is 0.266 e. The van der Waals surface area contributed by atoms with Gasteiger partial charge in [0.25, 0.3) is 5.91 Å². The summed E-state index contributed by atoms with van der Waals surface area (Å²) >= 11 is 6.59. The summed E-state index contributed by atoms with van der Waals surface area (Å²) in [7, 11) is 3.18. The van der Waals surface area contributed by atoms with Crippen LogP contribution in [0.3, 0.4) is 0 Å². The Hall–Kier alpha value is -2.25. The van der Waals surface area contributed by atoms with E-state index in [2.05, 4.69) is 0 Å². The highest BCUT2D eigenvalue weighted by molar-refractivity contribution is 8.26. The Morgan fingerprint density at radius 1 is 1.29 bits per heavy atom. The average molecular weight is 361 g/mol. The third-order valence-electron chi connectivity index (χ3n) is 3.49. The van der Waals surface area contributed by atoms with Gasteiger partial charge in [-0.05, 0) is 36.4 Å². The molecule has 1 aromatic carbocycles. The van der Waals surface area contributed by atoms with Gasteiger partial charge in [-0.1, -0.05) is 24.0 Å². The van der Waals surface area contributed by atoms with Crippen molar-refractivity contribution in [1.82, 2.24) is 4.90 Å². The zero-order valence-electron chi connectivity index (χ0n) is 13.1. The molecule has 0 N–H and O–H groups in total. The number of carbonyl (C=O) groups is 1. The molecule has 0 bridgehead atoms. The van der Waals surface area contributed by atoms with Crippen molar-refractivity contribution in [3.05, 3.63) is 52.8 Å². The van der Waals surface area contributed by atoms with Crippen LogP contribution < -0.4 is 9.47 Å². The van der Waals surface area contributed by atoms with Crippen LogP contribution in [0.15, 0.2) is 45.9 Å². The van der Waals surface area contributed by atoms with Gasteiger partial charge in [0.2, 0.25) is 0 Å². The van der Waals surface area contributed by atoms with Gasteiger partial charge in [0.1, 0.15) is 21.6 Å². The van der Waals surface area contributed by atoms with E-state index in [-0.39, 0.29) is 5.91 Å². The molecule has 124 valence electrons. The van der Waals surface area contributed by atoms with Crippen LogP contribution in [0.5, 0.6) is 11.5 Å². The number of benzene rings is 1. The number of thiocarbonyl (C=S) groups is 1. The summed E-state index contributed by atoms with van der Waals surface area (Å²) < 4.78 is 16.4. The molecule has 1 amide bonds. The first-order chi connectivity index (χ1) is 11.6. The second kappa shape index (κ2) is 7.11. The molecular formula is C17H15NO4S2. The van der Waals surface area contributed by atoms with Crippen molar-refractivity contribution in [1.29, 1.82) is 0 Å². The second-order valence-electron chi connectivity index (χ2n) is 4.96.